The second-order valence-electron chi connectivity index (χ2n) is 6.09. The van der Waals surface area contributed by atoms with Crippen LogP contribution in [0, 0.1) is 0 Å². The van der Waals surface area contributed by atoms with Gasteiger partial charge < -0.3 is 24.8 Å². The Bertz CT molecular complexity index is 753. The molecule has 0 saturated carbocycles. The van der Waals surface area contributed by atoms with E-state index in [4.69, 9.17) is 14.2 Å². The fourth-order valence-electron chi connectivity index (χ4n) is 3.02. The molecule has 4 rings (SSSR count). The number of hydrogen-bond donors (Lipinski definition) is 2. The molecule has 0 spiro atoms. The lowest BCUT2D eigenvalue weighted by Gasteiger charge is -2.19. The highest BCUT2D eigenvalue weighted by atomic mass is 16.6. The number of para-hydroxylation sites is 1. The minimum atomic E-state index is -0.213. The van der Waals surface area contributed by atoms with E-state index in [1.54, 1.807) is 0 Å². The highest BCUT2D eigenvalue weighted by Crippen LogP contribution is 2.30. The molecule has 6 nitrogen and oxygen atoms in total. The molecule has 2 aliphatic heterocycles. The lowest BCUT2D eigenvalue weighted by molar-refractivity contribution is 0.171. The highest BCUT2D eigenvalue weighted by Gasteiger charge is 2.22. The Morgan fingerprint density at radius 1 is 1.00 bits per heavy atom. The Labute approximate surface area is 146 Å². The van der Waals surface area contributed by atoms with E-state index in [0.29, 0.717) is 26.3 Å². The molecular weight excluding hydrogens is 320 g/mol. The van der Waals surface area contributed by atoms with E-state index in [1.807, 2.05) is 36.4 Å². The van der Waals surface area contributed by atoms with E-state index < -0.39 is 0 Å². The van der Waals surface area contributed by atoms with E-state index in [-0.39, 0.29) is 12.1 Å². The normalized spacial score (nSPS) is 17.4. The van der Waals surface area contributed by atoms with Gasteiger partial charge in [0, 0.05) is 13.0 Å². The molecule has 0 fully saturated rings. The Balaban J connectivity index is 1.23. The van der Waals surface area contributed by atoms with Gasteiger partial charge in [-0.15, -0.1) is 0 Å². The minimum Gasteiger partial charge on any atom is -0.488 e. The molecule has 0 bridgehead atoms. The van der Waals surface area contributed by atoms with Gasteiger partial charge in [-0.05, 0) is 29.3 Å². The van der Waals surface area contributed by atoms with Crippen molar-refractivity contribution in [2.45, 2.75) is 19.1 Å². The quantitative estimate of drug-likeness (QED) is 0.896. The molecule has 6 heteroatoms. The van der Waals surface area contributed by atoms with Crippen molar-refractivity contribution in [3.8, 4) is 17.2 Å². The number of hydrogen-bond acceptors (Lipinski definition) is 4. The van der Waals surface area contributed by atoms with Crippen molar-refractivity contribution in [3.05, 3.63) is 53.6 Å². The number of rotatable bonds is 4. The molecule has 2 N–H and O–H groups in total. The summed E-state index contributed by atoms with van der Waals surface area (Å²) in [5.74, 6) is 2.38. The van der Waals surface area contributed by atoms with Crippen LogP contribution < -0.4 is 24.8 Å². The fraction of sp³-hybridized carbons (Fsp3) is 0.316. The van der Waals surface area contributed by atoms with Gasteiger partial charge in [0.25, 0.3) is 0 Å². The van der Waals surface area contributed by atoms with Gasteiger partial charge in [0.1, 0.15) is 25.1 Å². The zero-order chi connectivity index (χ0) is 17.1. The number of urea groups is 1. The monoisotopic (exact) mass is 340 g/mol. The van der Waals surface area contributed by atoms with Crippen LogP contribution in [0.4, 0.5) is 4.79 Å². The smallest absolute Gasteiger partial charge is 0.315 e. The van der Waals surface area contributed by atoms with Crippen LogP contribution in [0.1, 0.15) is 11.1 Å². The summed E-state index contributed by atoms with van der Waals surface area (Å²) in [4.78, 5) is 12.0. The Kier molecular flexibility index (Phi) is 4.33. The summed E-state index contributed by atoms with van der Waals surface area (Å²) in [6, 6.07) is 13.4. The maximum Gasteiger partial charge on any atom is 0.315 e. The molecule has 2 amide bonds. The van der Waals surface area contributed by atoms with Crippen LogP contribution in [0.15, 0.2) is 42.5 Å². The Morgan fingerprint density at radius 2 is 1.84 bits per heavy atom. The number of fused-ring (bicyclic) bond motifs is 2. The van der Waals surface area contributed by atoms with Gasteiger partial charge in [0.05, 0.1) is 6.54 Å². The molecule has 2 heterocycles. The number of amides is 2. The molecule has 25 heavy (non-hydrogen) atoms. The van der Waals surface area contributed by atoms with Crippen molar-refractivity contribution in [1.29, 1.82) is 0 Å². The number of carbonyl (C=O) groups is 1. The van der Waals surface area contributed by atoms with E-state index in [1.165, 1.54) is 5.56 Å². The van der Waals surface area contributed by atoms with Crippen LogP contribution in [0.3, 0.4) is 0 Å². The molecule has 0 aliphatic carbocycles. The first kappa shape index (κ1) is 15.6. The zero-order valence-electron chi connectivity index (χ0n) is 13.8. The molecule has 0 aromatic heterocycles. The second-order valence-corrected chi connectivity index (χ2v) is 6.09. The van der Waals surface area contributed by atoms with Gasteiger partial charge >= 0.3 is 6.03 Å². The van der Waals surface area contributed by atoms with Crippen LogP contribution in [-0.4, -0.2) is 31.9 Å². The first-order chi connectivity index (χ1) is 12.3. The van der Waals surface area contributed by atoms with Crippen molar-refractivity contribution in [3.63, 3.8) is 0 Å². The summed E-state index contributed by atoms with van der Waals surface area (Å²) in [6.07, 6.45) is 0.802. The summed E-state index contributed by atoms with van der Waals surface area (Å²) in [7, 11) is 0. The van der Waals surface area contributed by atoms with Crippen LogP contribution in [0.2, 0.25) is 0 Å². The van der Waals surface area contributed by atoms with Crippen molar-refractivity contribution in [2.24, 2.45) is 0 Å². The molecule has 2 aromatic rings. The summed E-state index contributed by atoms with van der Waals surface area (Å²) < 4.78 is 16.8. The summed E-state index contributed by atoms with van der Waals surface area (Å²) in [5.41, 5.74) is 2.15. The van der Waals surface area contributed by atoms with Crippen molar-refractivity contribution in [1.82, 2.24) is 10.6 Å². The Morgan fingerprint density at radius 3 is 2.72 bits per heavy atom. The third-order valence-corrected chi connectivity index (χ3v) is 4.26. The van der Waals surface area contributed by atoms with Crippen molar-refractivity contribution in [2.75, 3.05) is 19.8 Å². The molecule has 0 radical (unpaired) electrons. The van der Waals surface area contributed by atoms with E-state index in [2.05, 4.69) is 16.7 Å². The molecular formula is C19H20N2O4. The Hall–Kier alpha value is -2.89. The molecule has 0 unspecified atom stereocenters. The maximum atomic E-state index is 12.0. The predicted octanol–water partition coefficient (Wildman–Crippen LogP) is 2.26. The SMILES string of the molecule is O=C(NCc1ccc2c(c1)OCCO2)NC[C@H]1Cc2ccccc2O1. The average Bonchev–Trinajstić information content (AvgIpc) is 3.07. The second kappa shape index (κ2) is 6.93. The first-order valence-corrected chi connectivity index (χ1v) is 8.43. The lowest BCUT2D eigenvalue weighted by Crippen LogP contribution is -2.40. The van der Waals surface area contributed by atoms with Crippen LogP contribution in [-0.2, 0) is 13.0 Å². The van der Waals surface area contributed by atoms with Crippen LogP contribution in [0.25, 0.3) is 0 Å². The van der Waals surface area contributed by atoms with Crippen LogP contribution >= 0.6 is 0 Å². The lowest BCUT2D eigenvalue weighted by atomic mass is 10.1. The molecule has 2 aromatic carbocycles. The standard InChI is InChI=1S/C19H20N2O4/c22-19(21-12-15-10-14-3-1-2-4-16(14)25-15)20-11-13-5-6-17-18(9-13)24-8-7-23-17/h1-6,9,15H,7-8,10-12H2,(H2,20,21,22)/t15-/m1/s1. The predicted molar refractivity (Wildman–Crippen MR) is 92.2 cm³/mol. The third kappa shape index (κ3) is 3.63. The molecule has 0 saturated heterocycles. The minimum absolute atomic E-state index is 0.0163. The van der Waals surface area contributed by atoms with Crippen LogP contribution in [0.5, 0.6) is 17.2 Å². The fourth-order valence-corrected chi connectivity index (χ4v) is 3.02. The first-order valence-electron chi connectivity index (χ1n) is 8.43. The van der Waals surface area contributed by atoms with Gasteiger partial charge in [-0.2, -0.15) is 0 Å². The molecule has 1 atom stereocenters. The number of nitrogens with one attached hydrogen (secondary N) is 2. The topological polar surface area (TPSA) is 68.8 Å². The highest BCUT2D eigenvalue weighted by molar-refractivity contribution is 5.73. The summed E-state index contributed by atoms with van der Waals surface area (Å²) >= 11 is 0. The largest absolute Gasteiger partial charge is 0.488 e. The third-order valence-electron chi connectivity index (χ3n) is 4.26. The van der Waals surface area contributed by atoms with Crippen molar-refractivity contribution < 1.29 is 19.0 Å². The van der Waals surface area contributed by atoms with E-state index >= 15 is 0 Å². The van der Waals surface area contributed by atoms with Crippen molar-refractivity contribution >= 4 is 6.03 Å². The van der Waals surface area contributed by atoms with Gasteiger partial charge in [-0.3, -0.25) is 0 Å². The van der Waals surface area contributed by atoms with E-state index in [0.717, 1.165) is 29.2 Å². The number of ether oxygens (including phenoxy) is 3. The van der Waals surface area contributed by atoms with Gasteiger partial charge in [-0.25, -0.2) is 4.79 Å². The van der Waals surface area contributed by atoms with Gasteiger partial charge in [0.15, 0.2) is 11.5 Å². The van der Waals surface area contributed by atoms with Gasteiger partial charge in [0.2, 0.25) is 0 Å². The number of carbonyl (C=O) groups excluding carboxylic acids is 1. The maximum absolute atomic E-state index is 12.0. The molecule has 130 valence electrons. The molecule has 2 aliphatic rings. The van der Waals surface area contributed by atoms with Gasteiger partial charge in [-0.1, -0.05) is 24.3 Å². The summed E-state index contributed by atoms with van der Waals surface area (Å²) in [5, 5.41) is 5.71. The average molecular weight is 340 g/mol. The summed E-state index contributed by atoms with van der Waals surface area (Å²) in [6.45, 7) is 2.02. The number of benzene rings is 2. The zero-order valence-corrected chi connectivity index (χ0v) is 13.8. The van der Waals surface area contributed by atoms with E-state index in [9.17, 15) is 4.79 Å².